The zero-order valence-corrected chi connectivity index (χ0v) is 16.0. The number of aryl methyl sites for hydroxylation is 1. The van der Waals surface area contributed by atoms with Gasteiger partial charge in [-0.15, -0.1) is 0 Å². The summed E-state index contributed by atoms with van der Waals surface area (Å²) >= 11 is 0. The van der Waals surface area contributed by atoms with E-state index in [4.69, 9.17) is 0 Å². The Morgan fingerprint density at radius 1 is 1.19 bits per heavy atom. The Morgan fingerprint density at radius 2 is 1.92 bits per heavy atom. The molecule has 138 valence electrons. The normalized spacial score (nSPS) is 13.8. The number of fused-ring (bicyclic) bond motifs is 1. The number of hydrogen-bond acceptors (Lipinski definition) is 2. The predicted molar refractivity (Wildman–Crippen MR) is 104 cm³/mol. The summed E-state index contributed by atoms with van der Waals surface area (Å²) in [6.45, 7) is 6.80. The van der Waals surface area contributed by atoms with E-state index in [1.807, 2.05) is 19.9 Å². The molecule has 0 atom stereocenters. The van der Waals surface area contributed by atoms with Crippen molar-refractivity contribution >= 4 is 11.7 Å². The predicted octanol–water partition coefficient (Wildman–Crippen LogP) is 3.63. The minimum absolute atomic E-state index is 0.00974. The van der Waals surface area contributed by atoms with Crippen molar-refractivity contribution in [3.05, 3.63) is 58.4 Å². The van der Waals surface area contributed by atoms with Gasteiger partial charge in [-0.3, -0.25) is 9.59 Å². The molecular weight excluding hydrogens is 324 g/mol. The number of hydrogen-bond donors (Lipinski definition) is 1. The Labute approximate surface area is 155 Å². The molecule has 0 bridgehead atoms. The molecule has 0 unspecified atom stereocenters. The quantitative estimate of drug-likeness (QED) is 0.863. The van der Waals surface area contributed by atoms with E-state index in [-0.39, 0.29) is 24.2 Å². The Balaban J connectivity index is 1.90. The van der Waals surface area contributed by atoms with E-state index in [0.717, 1.165) is 48.3 Å². The molecule has 0 saturated carbocycles. The molecule has 26 heavy (non-hydrogen) atoms. The molecule has 0 aliphatic heterocycles. The van der Waals surface area contributed by atoms with Gasteiger partial charge in [-0.05, 0) is 51.2 Å². The van der Waals surface area contributed by atoms with Gasteiger partial charge in [0.25, 0.3) is 0 Å². The fraction of sp³-hybridized carbons (Fsp3) is 0.455. The van der Waals surface area contributed by atoms with Gasteiger partial charge in [0.15, 0.2) is 5.78 Å². The summed E-state index contributed by atoms with van der Waals surface area (Å²) in [5.74, 6) is 0.185. The highest BCUT2D eigenvalue weighted by Crippen LogP contribution is 2.30. The van der Waals surface area contributed by atoms with Gasteiger partial charge >= 0.3 is 0 Å². The largest absolute Gasteiger partial charge is 0.354 e. The van der Waals surface area contributed by atoms with E-state index in [9.17, 15) is 9.59 Å². The Bertz CT molecular complexity index is 803. The number of benzene rings is 1. The lowest BCUT2D eigenvalue weighted by atomic mass is 9.92. The summed E-state index contributed by atoms with van der Waals surface area (Å²) in [7, 11) is 0. The van der Waals surface area contributed by atoms with Crippen LogP contribution in [0.4, 0.5) is 0 Å². The lowest BCUT2D eigenvalue weighted by molar-refractivity contribution is -0.120. The molecule has 3 rings (SSSR count). The SMILES string of the molecule is Cc1c(CC(=O)NC(C)C)c2c(n1CCc1ccccc1)CCCC2=O. The maximum absolute atomic E-state index is 12.6. The van der Waals surface area contributed by atoms with Crippen molar-refractivity contribution in [1.82, 2.24) is 9.88 Å². The Hall–Kier alpha value is -2.36. The van der Waals surface area contributed by atoms with Crippen LogP contribution in [-0.4, -0.2) is 22.3 Å². The summed E-state index contributed by atoms with van der Waals surface area (Å²) in [4.78, 5) is 24.9. The van der Waals surface area contributed by atoms with Gasteiger partial charge in [-0.1, -0.05) is 30.3 Å². The highest BCUT2D eigenvalue weighted by molar-refractivity contribution is 6.01. The number of carbonyl (C=O) groups is 2. The molecule has 1 aliphatic rings. The summed E-state index contributed by atoms with van der Waals surface area (Å²) in [6.07, 6.45) is 3.62. The second-order valence-corrected chi connectivity index (χ2v) is 7.45. The smallest absolute Gasteiger partial charge is 0.224 e. The minimum atomic E-state index is -0.00974. The molecule has 0 radical (unpaired) electrons. The van der Waals surface area contributed by atoms with Gasteiger partial charge in [0.05, 0.1) is 6.42 Å². The van der Waals surface area contributed by atoms with E-state index < -0.39 is 0 Å². The molecule has 1 heterocycles. The number of ketones is 1. The fourth-order valence-corrected chi connectivity index (χ4v) is 3.92. The van der Waals surface area contributed by atoms with Crippen molar-refractivity contribution in [1.29, 1.82) is 0 Å². The summed E-state index contributed by atoms with van der Waals surface area (Å²) in [5.41, 5.74) is 5.23. The van der Waals surface area contributed by atoms with Gasteiger partial charge in [-0.25, -0.2) is 0 Å². The van der Waals surface area contributed by atoms with Gasteiger partial charge in [0.1, 0.15) is 0 Å². The molecule has 1 aromatic carbocycles. The average molecular weight is 352 g/mol. The zero-order valence-electron chi connectivity index (χ0n) is 16.0. The molecule has 2 aromatic rings. The van der Waals surface area contributed by atoms with Crippen LogP contribution in [0.15, 0.2) is 30.3 Å². The van der Waals surface area contributed by atoms with Crippen LogP contribution in [0.2, 0.25) is 0 Å². The van der Waals surface area contributed by atoms with Crippen molar-refractivity contribution in [3.63, 3.8) is 0 Å². The Kier molecular flexibility index (Phi) is 5.60. The van der Waals surface area contributed by atoms with E-state index in [0.29, 0.717) is 6.42 Å². The Morgan fingerprint density at radius 3 is 2.62 bits per heavy atom. The van der Waals surface area contributed by atoms with Crippen LogP contribution in [0.25, 0.3) is 0 Å². The lowest BCUT2D eigenvalue weighted by Crippen LogP contribution is -2.32. The first-order chi connectivity index (χ1) is 12.5. The summed E-state index contributed by atoms with van der Waals surface area (Å²) in [6, 6.07) is 10.5. The van der Waals surface area contributed by atoms with Gasteiger partial charge in [-0.2, -0.15) is 0 Å². The molecule has 0 saturated heterocycles. The monoisotopic (exact) mass is 352 g/mol. The third-order valence-electron chi connectivity index (χ3n) is 5.11. The van der Waals surface area contributed by atoms with Crippen molar-refractivity contribution in [2.45, 2.75) is 65.5 Å². The van der Waals surface area contributed by atoms with Crippen molar-refractivity contribution in [3.8, 4) is 0 Å². The standard InChI is InChI=1S/C22H28N2O2/c1-15(2)23-21(26)14-18-16(3)24(13-12-17-8-5-4-6-9-17)19-10-7-11-20(25)22(18)19/h4-6,8-9,15H,7,10-14H2,1-3H3,(H,23,26). The molecule has 4 nitrogen and oxygen atoms in total. The summed E-state index contributed by atoms with van der Waals surface area (Å²) < 4.78 is 2.28. The second kappa shape index (κ2) is 7.90. The van der Waals surface area contributed by atoms with Gasteiger partial charge in [0, 0.05) is 36.0 Å². The molecular formula is C22H28N2O2. The van der Waals surface area contributed by atoms with Crippen LogP contribution in [0, 0.1) is 6.92 Å². The molecule has 4 heteroatoms. The highest BCUT2D eigenvalue weighted by atomic mass is 16.1. The molecule has 0 fully saturated rings. The van der Waals surface area contributed by atoms with Crippen LogP contribution < -0.4 is 5.32 Å². The molecule has 1 amide bonds. The highest BCUT2D eigenvalue weighted by Gasteiger charge is 2.28. The first-order valence-corrected chi connectivity index (χ1v) is 9.54. The zero-order chi connectivity index (χ0) is 18.7. The third kappa shape index (κ3) is 3.90. The lowest BCUT2D eigenvalue weighted by Gasteiger charge is -2.16. The first kappa shape index (κ1) is 18.4. The maximum Gasteiger partial charge on any atom is 0.224 e. The van der Waals surface area contributed by atoms with Crippen LogP contribution in [0.5, 0.6) is 0 Å². The minimum Gasteiger partial charge on any atom is -0.354 e. The van der Waals surface area contributed by atoms with Crippen LogP contribution >= 0.6 is 0 Å². The number of carbonyl (C=O) groups excluding carboxylic acids is 2. The summed E-state index contributed by atoms with van der Waals surface area (Å²) in [5, 5.41) is 2.95. The van der Waals surface area contributed by atoms with E-state index in [1.54, 1.807) is 0 Å². The van der Waals surface area contributed by atoms with Crippen molar-refractivity contribution in [2.24, 2.45) is 0 Å². The molecule has 1 N–H and O–H groups in total. The number of amides is 1. The second-order valence-electron chi connectivity index (χ2n) is 7.45. The number of nitrogens with one attached hydrogen (secondary N) is 1. The third-order valence-corrected chi connectivity index (χ3v) is 5.11. The number of aromatic nitrogens is 1. The van der Waals surface area contributed by atoms with Gasteiger partial charge < -0.3 is 9.88 Å². The molecule has 1 aromatic heterocycles. The van der Waals surface area contributed by atoms with E-state index >= 15 is 0 Å². The molecule has 0 spiro atoms. The maximum atomic E-state index is 12.6. The van der Waals surface area contributed by atoms with Crippen LogP contribution in [0.3, 0.4) is 0 Å². The number of Topliss-reactive ketones (excluding diaryl/α,β-unsaturated/α-hetero) is 1. The number of nitrogens with zero attached hydrogens (tertiary/aromatic N) is 1. The number of rotatable bonds is 6. The van der Waals surface area contributed by atoms with Crippen molar-refractivity contribution < 1.29 is 9.59 Å². The molecule has 1 aliphatic carbocycles. The van der Waals surface area contributed by atoms with E-state index in [1.165, 1.54) is 5.56 Å². The van der Waals surface area contributed by atoms with Crippen LogP contribution in [0.1, 0.15) is 59.6 Å². The first-order valence-electron chi connectivity index (χ1n) is 9.54. The van der Waals surface area contributed by atoms with Gasteiger partial charge in [0.2, 0.25) is 5.91 Å². The fourth-order valence-electron chi connectivity index (χ4n) is 3.92. The van der Waals surface area contributed by atoms with E-state index in [2.05, 4.69) is 41.1 Å². The van der Waals surface area contributed by atoms with Crippen molar-refractivity contribution in [2.75, 3.05) is 0 Å². The average Bonchev–Trinajstić information content (AvgIpc) is 2.86. The van der Waals surface area contributed by atoms with Crippen LogP contribution in [-0.2, 0) is 30.6 Å². The topological polar surface area (TPSA) is 51.1 Å².